The van der Waals surface area contributed by atoms with Crippen molar-refractivity contribution in [2.24, 2.45) is 0 Å². The third kappa shape index (κ3) is 5.63. The fourth-order valence-corrected chi connectivity index (χ4v) is 4.93. The lowest BCUT2D eigenvalue weighted by Gasteiger charge is -2.15. The lowest BCUT2D eigenvalue weighted by Crippen LogP contribution is -2.31. The molecule has 0 heterocycles. The maximum atomic E-state index is 13.1. The minimum Gasteiger partial charge on any atom is -0.497 e. The first-order valence-corrected chi connectivity index (χ1v) is 11.7. The average Bonchev–Trinajstić information content (AvgIpc) is 2.79. The number of allylic oxidation sites excluding steroid dienone is 1. The van der Waals surface area contributed by atoms with Gasteiger partial charge in [-0.3, -0.25) is 4.79 Å². The van der Waals surface area contributed by atoms with E-state index >= 15 is 0 Å². The minimum atomic E-state index is -3.76. The van der Waals surface area contributed by atoms with Crippen molar-refractivity contribution in [3.05, 3.63) is 60.2 Å². The highest BCUT2D eigenvalue weighted by Crippen LogP contribution is 2.31. The normalized spacial score (nSPS) is 14.0. The predicted octanol–water partition coefficient (Wildman–Crippen LogP) is 3.95. The molecule has 7 heteroatoms. The summed E-state index contributed by atoms with van der Waals surface area (Å²) in [6, 6.07) is 13.0. The summed E-state index contributed by atoms with van der Waals surface area (Å²) in [5, 5.41) is 5.86. The van der Waals surface area contributed by atoms with Gasteiger partial charge in [0, 0.05) is 12.6 Å². The highest BCUT2D eigenvalue weighted by Gasteiger charge is 2.22. The van der Waals surface area contributed by atoms with Gasteiger partial charge in [-0.25, -0.2) is 8.42 Å². The molecule has 0 bridgehead atoms. The van der Waals surface area contributed by atoms with Crippen molar-refractivity contribution < 1.29 is 17.9 Å². The molecule has 0 radical (unpaired) electrons. The van der Waals surface area contributed by atoms with Crippen molar-refractivity contribution in [2.45, 2.75) is 41.9 Å². The van der Waals surface area contributed by atoms with Crippen LogP contribution in [0.25, 0.3) is 0 Å². The fourth-order valence-electron chi connectivity index (χ4n) is 3.46. The SMILES string of the molecule is COc1ccc(NCC(=O)NCCC2=CCCCC2)c(S(=O)(=O)c2ccccc2)c1. The number of hydrogen-bond donors (Lipinski definition) is 2. The molecule has 0 fully saturated rings. The Balaban J connectivity index is 1.67. The molecule has 3 rings (SSSR count). The third-order valence-electron chi connectivity index (χ3n) is 5.12. The van der Waals surface area contributed by atoms with Gasteiger partial charge in [0.25, 0.3) is 0 Å². The zero-order chi connectivity index (χ0) is 21.4. The monoisotopic (exact) mass is 428 g/mol. The fraction of sp³-hybridized carbons (Fsp3) is 0.348. The summed E-state index contributed by atoms with van der Waals surface area (Å²) < 4.78 is 31.4. The molecule has 6 nitrogen and oxygen atoms in total. The summed E-state index contributed by atoms with van der Waals surface area (Å²) >= 11 is 0. The zero-order valence-electron chi connectivity index (χ0n) is 17.2. The van der Waals surface area contributed by atoms with Gasteiger partial charge < -0.3 is 15.4 Å². The highest BCUT2D eigenvalue weighted by molar-refractivity contribution is 7.91. The molecule has 2 aromatic carbocycles. The predicted molar refractivity (Wildman–Crippen MR) is 118 cm³/mol. The standard InChI is InChI=1S/C23H28N2O4S/c1-29-19-12-13-21(22(16-19)30(27,28)20-10-6-3-7-11-20)25-17-23(26)24-15-14-18-8-4-2-5-9-18/h3,6-8,10-13,16,25H,2,4-5,9,14-15,17H2,1H3,(H,24,26). The molecular formula is C23H28N2O4S. The number of carbonyl (C=O) groups excluding carboxylic acids is 1. The number of carbonyl (C=O) groups is 1. The minimum absolute atomic E-state index is 0.0112. The number of methoxy groups -OCH3 is 1. The van der Waals surface area contributed by atoms with Gasteiger partial charge in [-0.2, -0.15) is 0 Å². The summed E-state index contributed by atoms with van der Waals surface area (Å²) in [5.41, 5.74) is 1.77. The van der Waals surface area contributed by atoms with Crippen LogP contribution in [-0.4, -0.2) is 34.5 Å². The van der Waals surface area contributed by atoms with Crippen LogP contribution >= 0.6 is 0 Å². The van der Waals surface area contributed by atoms with Crippen LogP contribution in [0, 0.1) is 0 Å². The quantitative estimate of drug-likeness (QED) is 0.591. The molecule has 0 unspecified atom stereocenters. The largest absolute Gasteiger partial charge is 0.497 e. The Morgan fingerprint density at radius 3 is 2.60 bits per heavy atom. The summed E-state index contributed by atoms with van der Waals surface area (Å²) in [7, 11) is -2.28. The second-order valence-corrected chi connectivity index (χ2v) is 9.16. The van der Waals surface area contributed by atoms with Crippen LogP contribution in [0.3, 0.4) is 0 Å². The number of anilines is 1. The molecule has 1 aliphatic carbocycles. The molecule has 0 aliphatic heterocycles. The van der Waals surface area contributed by atoms with E-state index in [0.717, 1.165) is 19.3 Å². The number of benzene rings is 2. The van der Waals surface area contributed by atoms with Crippen LogP contribution in [0.1, 0.15) is 32.1 Å². The maximum absolute atomic E-state index is 13.1. The van der Waals surface area contributed by atoms with E-state index in [1.807, 2.05) is 0 Å². The summed E-state index contributed by atoms with van der Waals surface area (Å²) in [6.45, 7) is 0.576. The van der Waals surface area contributed by atoms with Crippen molar-refractivity contribution in [1.29, 1.82) is 0 Å². The Kier molecular flexibility index (Phi) is 7.52. The second kappa shape index (κ2) is 10.3. The van der Waals surface area contributed by atoms with E-state index in [1.165, 1.54) is 31.6 Å². The summed E-state index contributed by atoms with van der Waals surface area (Å²) in [5.74, 6) is 0.255. The highest BCUT2D eigenvalue weighted by atomic mass is 32.2. The van der Waals surface area contributed by atoms with Crippen molar-refractivity contribution in [3.63, 3.8) is 0 Å². The van der Waals surface area contributed by atoms with Gasteiger partial charge in [-0.15, -0.1) is 0 Å². The van der Waals surface area contributed by atoms with Gasteiger partial charge in [-0.05, 0) is 56.4 Å². The molecule has 160 valence electrons. The molecule has 2 aromatic rings. The van der Waals surface area contributed by atoms with Gasteiger partial charge in [0.2, 0.25) is 15.7 Å². The first-order chi connectivity index (χ1) is 14.5. The number of hydrogen-bond acceptors (Lipinski definition) is 5. The molecule has 0 aromatic heterocycles. The number of nitrogens with one attached hydrogen (secondary N) is 2. The topological polar surface area (TPSA) is 84.5 Å². The molecular weight excluding hydrogens is 400 g/mol. The van der Waals surface area contributed by atoms with E-state index in [9.17, 15) is 13.2 Å². The third-order valence-corrected chi connectivity index (χ3v) is 6.93. The van der Waals surface area contributed by atoms with Crippen molar-refractivity contribution >= 4 is 21.4 Å². The number of ether oxygens (including phenoxy) is 1. The van der Waals surface area contributed by atoms with Crippen LogP contribution < -0.4 is 15.4 Å². The molecule has 30 heavy (non-hydrogen) atoms. The molecule has 0 saturated carbocycles. The van der Waals surface area contributed by atoms with E-state index in [-0.39, 0.29) is 22.2 Å². The number of rotatable bonds is 9. The zero-order valence-corrected chi connectivity index (χ0v) is 18.0. The van der Waals surface area contributed by atoms with E-state index in [2.05, 4.69) is 16.7 Å². The van der Waals surface area contributed by atoms with E-state index in [4.69, 9.17) is 4.74 Å². The molecule has 1 aliphatic rings. The van der Waals surface area contributed by atoms with Gasteiger partial charge in [0.15, 0.2) is 0 Å². The summed E-state index contributed by atoms with van der Waals surface area (Å²) in [4.78, 5) is 12.5. The Hall–Kier alpha value is -2.80. The molecule has 0 spiro atoms. The van der Waals surface area contributed by atoms with Gasteiger partial charge in [0.1, 0.15) is 5.75 Å². The first-order valence-electron chi connectivity index (χ1n) is 10.2. The Morgan fingerprint density at radius 2 is 1.90 bits per heavy atom. The molecule has 0 saturated heterocycles. The Labute approximate surface area is 178 Å². The Bertz CT molecular complexity index is 1000. The van der Waals surface area contributed by atoms with Crippen LogP contribution in [0.15, 0.2) is 70.0 Å². The molecule has 1 amide bonds. The van der Waals surface area contributed by atoms with Crippen molar-refractivity contribution in [2.75, 3.05) is 25.5 Å². The molecule has 2 N–H and O–H groups in total. The van der Waals surface area contributed by atoms with E-state index < -0.39 is 9.84 Å². The first kappa shape index (κ1) is 21.9. The van der Waals surface area contributed by atoms with E-state index in [0.29, 0.717) is 18.0 Å². The van der Waals surface area contributed by atoms with E-state index in [1.54, 1.807) is 42.5 Å². The molecule has 0 atom stereocenters. The second-order valence-electron chi connectivity index (χ2n) is 7.24. The van der Waals surface area contributed by atoms with Crippen LogP contribution in [-0.2, 0) is 14.6 Å². The van der Waals surface area contributed by atoms with Crippen LogP contribution in [0.4, 0.5) is 5.69 Å². The summed E-state index contributed by atoms with van der Waals surface area (Å²) in [6.07, 6.45) is 7.84. The Morgan fingerprint density at radius 1 is 1.10 bits per heavy atom. The van der Waals surface area contributed by atoms with Crippen LogP contribution in [0.5, 0.6) is 5.75 Å². The van der Waals surface area contributed by atoms with Crippen molar-refractivity contribution in [3.8, 4) is 5.75 Å². The number of amides is 1. The van der Waals surface area contributed by atoms with Crippen LogP contribution in [0.2, 0.25) is 0 Å². The van der Waals surface area contributed by atoms with Crippen molar-refractivity contribution in [1.82, 2.24) is 5.32 Å². The lowest BCUT2D eigenvalue weighted by atomic mass is 9.97. The van der Waals surface area contributed by atoms with Gasteiger partial charge in [0.05, 0.1) is 29.1 Å². The number of sulfone groups is 1. The maximum Gasteiger partial charge on any atom is 0.239 e. The average molecular weight is 429 g/mol. The van der Waals surface area contributed by atoms with Gasteiger partial charge >= 0.3 is 0 Å². The smallest absolute Gasteiger partial charge is 0.239 e. The lowest BCUT2D eigenvalue weighted by molar-refractivity contribution is -0.119. The van der Waals surface area contributed by atoms with Gasteiger partial charge in [-0.1, -0.05) is 29.8 Å².